The van der Waals surface area contributed by atoms with E-state index in [9.17, 15) is 15.2 Å². The predicted octanol–water partition coefficient (Wildman–Crippen LogP) is 2.87. The van der Waals surface area contributed by atoms with Gasteiger partial charge in [-0.05, 0) is 47.7 Å². The predicted molar refractivity (Wildman–Crippen MR) is 77.6 cm³/mol. The van der Waals surface area contributed by atoms with Gasteiger partial charge in [0, 0.05) is 35.8 Å². The summed E-state index contributed by atoms with van der Waals surface area (Å²) in [6.45, 7) is 3.67. The highest BCUT2D eigenvalue weighted by molar-refractivity contribution is 9.10. The molecule has 0 aromatic heterocycles. The maximum atomic E-state index is 10.9. The summed E-state index contributed by atoms with van der Waals surface area (Å²) >= 11 is 3.42. The Labute approximate surface area is 120 Å². The van der Waals surface area contributed by atoms with Crippen LogP contribution in [0.3, 0.4) is 0 Å². The molecule has 0 spiro atoms. The third-order valence-corrected chi connectivity index (χ3v) is 4.22. The van der Waals surface area contributed by atoms with Crippen LogP contribution in [-0.4, -0.2) is 29.7 Å². The SMILES string of the molecule is Cc1cc(N2CCCC(CO)C2)c(Br)cc1[N+](=O)[O-]. The molecule has 1 saturated heterocycles. The summed E-state index contributed by atoms with van der Waals surface area (Å²) in [5, 5.41) is 20.2. The van der Waals surface area contributed by atoms with Crippen LogP contribution in [0.25, 0.3) is 0 Å². The number of nitro benzene ring substituents is 1. The Morgan fingerprint density at radius 3 is 2.95 bits per heavy atom. The number of aryl methyl sites for hydroxylation is 1. The largest absolute Gasteiger partial charge is 0.396 e. The summed E-state index contributed by atoms with van der Waals surface area (Å²) in [6.07, 6.45) is 2.07. The lowest BCUT2D eigenvalue weighted by molar-refractivity contribution is -0.385. The van der Waals surface area contributed by atoms with E-state index in [0.717, 1.165) is 36.1 Å². The summed E-state index contributed by atoms with van der Waals surface area (Å²) in [7, 11) is 0. The Morgan fingerprint density at radius 2 is 2.32 bits per heavy atom. The number of nitrogens with zero attached hydrogens (tertiary/aromatic N) is 2. The van der Waals surface area contributed by atoms with E-state index in [1.165, 1.54) is 0 Å². The molecule has 1 aromatic carbocycles. The standard InChI is InChI=1S/C13H17BrN2O3/c1-9-5-13(11(14)6-12(9)16(18)19)15-4-2-3-10(7-15)8-17/h5-6,10,17H,2-4,7-8H2,1H3. The van der Waals surface area contributed by atoms with E-state index in [2.05, 4.69) is 20.8 Å². The van der Waals surface area contributed by atoms with E-state index < -0.39 is 0 Å². The minimum Gasteiger partial charge on any atom is -0.396 e. The summed E-state index contributed by atoms with van der Waals surface area (Å²) in [5.41, 5.74) is 1.77. The molecule has 2 rings (SSSR count). The molecule has 1 aliphatic rings. The van der Waals surface area contributed by atoms with Crippen molar-refractivity contribution in [2.24, 2.45) is 5.92 Å². The van der Waals surface area contributed by atoms with Gasteiger partial charge in [-0.25, -0.2) is 0 Å². The Hall–Kier alpha value is -1.14. The number of aliphatic hydroxyl groups excluding tert-OH is 1. The second kappa shape index (κ2) is 5.88. The van der Waals surface area contributed by atoms with Crippen molar-refractivity contribution >= 4 is 27.3 Å². The van der Waals surface area contributed by atoms with Crippen molar-refractivity contribution in [3.8, 4) is 0 Å². The van der Waals surface area contributed by atoms with Crippen molar-refractivity contribution in [2.75, 3.05) is 24.6 Å². The van der Waals surface area contributed by atoms with Gasteiger partial charge in [0.2, 0.25) is 0 Å². The Kier molecular flexibility index (Phi) is 4.42. The third kappa shape index (κ3) is 3.06. The molecule has 0 saturated carbocycles. The highest BCUT2D eigenvalue weighted by Crippen LogP contribution is 2.35. The average molecular weight is 329 g/mol. The van der Waals surface area contributed by atoms with Gasteiger partial charge in [0.1, 0.15) is 0 Å². The first kappa shape index (κ1) is 14.3. The van der Waals surface area contributed by atoms with Crippen LogP contribution in [0.4, 0.5) is 11.4 Å². The van der Waals surface area contributed by atoms with Crippen molar-refractivity contribution in [2.45, 2.75) is 19.8 Å². The fourth-order valence-corrected chi connectivity index (χ4v) is 3.11. The molecule has 0 radical (unpaired) electrons. The van der Waals surface area contributed by atoms with Crippen LogP contribution in [0.1, 0.15) is 18.4 Å². The number of nitro groups is 1. The molecule has 0 amide bonds. The normalized spacial score (nSPS) is 19.5. The van der Waals surface area contributed by atoms with Gasteiger partial charge in [0.15, 0.2) is 0 Å². The lowest BCUT2D eigenvalue weighted by Crippen LogP contribution is -2.37. The van der Waals surface area contributed by atoms with Crippen molar-refractivity contribution in [3.63, 3.8) is 0 Å². The highest BCUT2D eigenvalue weighted by Gasteiger charge is 2.23. The van der Waals surface area contributed by atoms with E-state index in [1.807, 2.05) is 6.07 Å². The second-order valence-electron chi connectivity index (χ2n) is 4.98. The molecule has 5 nitrogen and oxygen atoms in total. The minimum atomic E-state index is -0.364. The van der Waals surface area contributed by atoms with Crippen molar-refractivity contribution in [1.29, 1.82) is 0 Å². The molecule has 1 unspecified atom stereocenters. The van der Waals surface area contributed by atoms with Gasteiger partial charge in [-0.1, -0.05) is 0 Å². The first-order chi connectivity index (χ1) is 9.02. The lowest BCUT2D eigenvalue weighted by Gasteiger charge is -2.34. The van der Waals surface area contributed by atoms with Crippen LogP contribution in [0, 0.1) is 23.0 Å². The van der Waals surface area contributed by atoms with Crippen LogP contribution >= 0.6 is 15.9 Å². The number of halogens is 1. The number of rotatable bonds is 3. The molecule has 1 aromatic rings. The van der Waals surface area contributed by atoms with Crippen LogP contribution in [0.2, 0.25) is 0 Å². The van der Waals surface area contributed by atoms with Crippen molar-refractivity contribution in [3.05, 3.63) is 32.3 Å². The molecular formula is C13H17BrN2O3. The van der Waals surface area contributed by atoms with Crippen LogP contribution in [-0.2, 0) is 0 Å². The number of anilines is 1. The first-order valence-corrected chi connectivity index (χ1v) is 7.12. The Morgan fingerprint density at radius 1 is 1.58 bits per heavy atom. The summed E-state index contributed by atoms with van der Waals surface area (Å²) < 4.78 is 0.739. The van der Waals surface area contributed by atoms with E-state index >= 15 is 0 Å². The van der Waals surface area contributed by atoms with E-state index in [-0.39, 0.29) is 23.1 Å². The quantitative estimate of drug-likeness (QED) is 0.684. The third-order valence-electron chi connectivity index (χ3n) is 3.58. The molecule has 6 heteroatoms. The number of aliphatic hydroxyl groups is 1. The maximum absolute atomic E-state index is 10.9. The number of piperidine rings is 1. The van der Waals surface area contributed by atoms with Gasteiger partial charge in [0.05, 0.1) is 10.6 Å². The smallest absolute Gasteiger partial charge is 0.273 e. The minimum absolute atomic E-state index is 0.131. The van der Waals surface area contributed by atoms with E-state index in [4.69, 9.17) is 0 Å². The van der Waals surface area contributed by atoms with E-state index in [1.54, 1.807) is 13.0 Å². The molecule has 104 valence electrons. The van der Waals surface area contributed by atoms with Crippen molar-refractivity contribution in [1.82, 2.24) is 0 Å². The molecule has 0 aliphatic carbocycles. The fourth-order valence-electron chi connectivity index (χ4n) is 2.53. The zero-order chi connectivity index (χ0) is 14.0. The van der Waals surface area contributed by atoms with Crippen LogP contribution in [0.5, 0.6) is 0 Å². The van der Waals surface area contributed by atoms with Gasteiger partial charge in [-0.3, -0.25) is 10.1 Å². The molecule has 1 atom stereocenters. The maximum Gasteiger partial charge on any atom is 0.273 e. The first-order valence-electron chi connectivity index (χ1n) is 6.33. The fraction of sp³-hybridized carbons (Fsp3) is 0.538. The summed E-state index contributed by atoms with van der Waals surface area (Å²) in [5.74, 6) is 0.288. The molecule has 1 aliphatic heterocycles. The Balaban J connectivity index is 2.30. The zero-order valence-electron chi connectivity index (χ0n) is 10.8. The van der Waals surface area contributed by atoms with Gasteiger partial charge >= 0.3 is 0 Å². The average Bonchev–Trinajstić information content (AvgIpc) is 2.40. The topological polar surface area (TPSA) is 66.6 Å². The van der Waals surface area contributed by atoms with Gasteiger partial charge in [0.25, 0.3) is 5.69 Å². The molecule has 1 fully saturated rings. The summed E-state index contributed by atoms with van der Waals surface area (Å²) in [6, 6.07) is 3.41. The number of benzene rings is 1. The van der Waals surface area contributed by atoms with Gasteiger partial charge in [-0.15, -0.1) is 0 Å². The van der Waals surface area contributed by atoms with Crippen molar-refractivity contribution < 1.29 is 10.0 Å². The number of hydrogen-bond acceptors (Lipinski definition) is 4. The van der Waals surface area contributed by atoms with Gasteiger partial charge < -0.3 is 10.0 Å². The molecule has 19 heavy (non-hydrogen) atoms. The summed E-state index contributed by atoms with van der Waals surface area (Å²) in [4.78, 5) is 12.7. The Bertz CT molecular complexity index is 493. The highest BCUT2D eigenvalue weighted by atomic mass is 79.9. The monoisotopic (exact) mass is 328 g/mol. The second-order valence-corrected chi connectivity index (χ2v) is 5.84. The molecule has 1 heterocycles. The molecule has 0 bridgehead atoms. The molecule has 1 N–H and O–H groups in total. The zero-order valence-corrected chi connectivity index (χ0v) is 12.4. The van der Waals surface area contributed by atoms with E-state index in [0.29, 0.717) is 5.56 Å². The van der Waals surface area contributed by atoms with Crippen LogP contribution in [0.15, 0.2) is 16.6 Å². The molecular weight excluding hydrogens is 312 g/mol. The van der Waals surface area contributed by atoms with Crippen LogP contribution < -0.4 is 4.90 Å². The lowest BCUT2D eigenvalue weighted by atomic mass is 9.98. The number of hydrogen-bond donors (Lipinski definition) is 1. The van der Waals surface area contributed by atoms with Gasteiger partial charge in [-0.2, -0.15) is 0 Å².